The Kier molecular flexibility index (Phi) is 5.68. The summed E-state index contributed by atoms with van der Waals surface area (Å²) in [6.45, 7) is 6.66. The lowest BCUT2D eigenvalue weighted by molar-refractivity contribution is 0.520. The molecule has 1 heterocycles. The normalized spacial score (nSPS) is 12.8. The quantitative estimate of drug-likeness (QED) is 0.844. The van der Waals surface area contributed by atoms with Gasteiger partial charge in [0.25, 0.3) is 0 Å². The second-order valence-electron chi connectivity index (χ2n) is 4.79. The average molecular weight is 301 g/mol. The predicted octanol–water partition coefficient (Wildman–Crippen LogP) is 3.45. The van der Waals surface area contributed by atoms with E-state index in [1.165, 1.54) is 12.8 Å². The predicted molar refractivity (Wildman–Crippen MR) is 75.9 cm³/mol. The van der Waals surface area contributed by atoms with Gasteiger partial charge in [-0.1, -0.05) is 26.7 Å². The van der Waals surface area contributed by atoms with Gasteiger partial charge < -0.3 is 11.1 Å². The van der Waals surface area contributed by atoms with E-state index in [-0.39, 0.29) is 0 Å². The maximum Gasteiger partial charge on any atom is 0.221 e. The number of hydrogen-bond donors (Lipinski definition) is 2. The molecule has 0 spiro atoms. The van der Waals surface area contributed by atoms with Crippen molar-refractivity contribution in [2.24, 2.45) is 5.92 Å². The van der Waals surface area contributed by atoms with Crippen LogP contribution in [0.3, 0.4) is 0 Å². The molecule has 0 radical (unpaired) electrons. The second kappa shape index (κ2) is 6.79. The maximum absolute atomic E-state index is 5.56. The van der Waals surface area contributed by atoms with E-state index in [2.05, 4.69) is 52.0 Å². The summed E-state index contributed by atoms with van der Waals surface area (Å²) in [5, 5.41) is 3.35. The number of nitrogens with zero attached hydrogens (tertiary/aromatic N) is 2. The van der Waals surface area contributed by atoms with E-state index in [9.17, 15) is 0 Å². The van der Waals surface area contributed by atoms with E-state index in [0.29, 0.717) is 12.0 Å². The molecule has 5 heteroatoms. The summed E-state index contributed by atoms with van der Waals surface area (Å²) in [5.41, 5.74) is 5.56. The Bertz CT molecular complexity index is 354. The van der Waals surface area contributed by atoms with Gasteiger partial charge in [-0.25, -0.2) is 4.98 Å². The zero-order chi connectivity index (χ0) is 12.8. The van der Waals surface area contributed by atoms with Crippen molar-refractivity contribution in [2.75, 3.05) is 11.1 Å². The van der Waals surface area contributed by atoms with Gasteiger partial charge in [-0.3, -0.25) is 0 Å². The van der Waals surface area contributed by atoms with Crippen LogP contribution in [0.5, 0.6) is 0 Å². The SMILES string of the molecule is CC(C)CCCC(C)Nc1nc(N)ncc1Br. The topological polar surface area (TPSA) is 63.8 Å². The van der Waals surface area contributed by atoms with Crippen LogP contribution in [0.1, 0.15) is 40.0 Å². The third-order valence-corrected chi connectivity index (χ3v) is 3.14. The van der Waals surface area contributed by atoms with Crippen molar-refractivity contribution in [1.29, 1.82) is 0 Å². The molecule has 0 saturated heterocycles. The van der Waals surface area contributed by atoms with Crippen LogP contribution >= 0.6 is 15.9 Å². The van der Waals surface area contributed by atoms with Gasteiger partial charge in [0.05, 0.1) is 4.47 Å². The number of anilines is 2. The molecule has 0 aliphatic carbocycles. The molecule has 1 aromatic heterocycles. The number of nitrogen functional groups attached to an aromatic ring is 1. The van der Waals surface area contributed by atoms with Gasteiger partial charge in [0.15, 0.2) is 0 Å². The maximum atomic E-state index is 5.56. The molecule has 1 aromatic rings. The molecular formula is C12H21BrN4. The zero-order valence-corrected chi connectivity index (χ0v) is 12.3. The summed E-state index contributed by atoms with van der Waals surface area (Å²) < 4.78 is 0.849. The summed E-state index contributed by atoms with van der Waals surface area (Å²) in [5.74, 6) is 1.84. The molecule has 1 rings (SSSR count). The summed E-state index contributed by atoms with van der Waals surface area (Å²) in [7, 11) is 0. The van der Waals surface area contributed by atoms with E-state index in [0.717, 1.165) is 22.6 Å². The molecule has 0 aliphatic rings. The van der Waals surface area contributed by atoms with Crippen molar-refractivity contribution in [2.45, 2.75) is 46.1 Å². The average Bonchev–Trinajstić information content (AvgIpc) is 2.23. The molecule has 96 valence electrons. The minimum Gasteiger partial charge on any atom is -0.368 e. The first-order valence-electron chi connectivity index (χ1n) is 6.03. The van der Waals surface area contributed by atoms with Crippen LogP contribution < -0.4 is 11.1 Å². The molecular weight excluding hydrogens is 280 g/mol. The van der Waals surface area contributed by atoms with Gasteiger partial charge in [0.1, 0.15) is 5.82 Å². The number of aromatic nitrogens is 2. The van der Waals surface area contributed by atoms with Crippen LogP contribution in [0.4, 0.5) is 11.8 Å². The van der Waals surface area contributed by atoms with Gasteiger partial charge in [-0.2, -0.15) is 4.98 Å². The van der Waals surface area contributed by atoms with Crippen molar-refractivity contribution < 1.29 is 0 Å². The van der Waals surface area contributed by atoms with Crippen molar-refractivity contribution in [1.82, 2.24) is 9.97 Å². The largest absolute Gasteiger partial charge is 0.368 e. The third-order valence-electron chi connectivity index (χ3n) is 2.56. The van der Waals surface area contributed by atoms with Crippen LogP contribution in [0, 0.1) is 5.92 Å². The van der Waals surface area contributed by atoms with Crippen molar-refractivity contribution in [3.63, 3.8) is 0 Å². The smallest absolute Gasteiger partial charge is 0.221 e. The first-order chi connectivity index (χ1) is 7.99. The lowest BCUT2D eigenvalue weighted by Crippen LogP contribution is -2.17. The first kappa shape index (κ1) is 14.2. The highest BCUT2D eigenvalue weighted by atomic mass is 79.9. The van der Waals surface area contributed by atoms with Crippen molar-refractivity contribution in [3.05, 3.63) is 10.7 Å². The molecule has 0 bridgehead atoms. The fourth-order valence-corrected chi connectivity index (χ4v) is 1.93. The number of rotatable bonds is 6. The molecule has 1 unspecified atom stereocenters. The number of nitrogens with two attached hydrogens (primary N) is 1. The van der Waals surface area contributed by atoms with Crippen LogP contribution in [0.2, 0.25) is 0 Å². The van der Waals surface area contributed by atoms with Crippen LogP contribution in [0.25, 0.3) is 0 Å². The molecule has 3 N–H and O–H groups in total. The van der Waals surface area contributed by atoms with Crippen molar-refractivity contribution in [3.8, 4) is 0 Å². The highest BCUT2D eigenvalue weighted by Gasteiger charge is 2.07. The third kappa shape index (κ3) is 5.35. The Balaban J connectivity index is 2.44. The van der Waals surface area contributed by atoms with Crippen molar-refractivity contribution >= 4 is 27.7 Å². The van der Waals surface area contributed by atoms with Gasteiger partial charge in [0, 0.05) is 12.2 Å². The second-order valence-corrected chi connectivity index (χ2v) is 5.65. The molecule has 4 nitrogen and oxygen atoms in total. The van der Waals surface area contributed by atoms with Gasteiger partial charge in [0.2, 0.25) is 5.95 Å². The van der Waals surface area contributed by atoms with Gasteiger partial charge >= 0.3 is 0 Å². The number of nitrogens with one attached hydrogen (secondary N) is 1. The molecule has 0 fully saturated rings. The van der Waals surface area contributed by atoms with Gasteiger partial charge in [-0.05, 0) is 35.2 Å². The summed E-state index contributed by atoms with van der Waals surface area (Å²) in [6.07, 6.45) is 5.29. The molecule has 17 heavy (non-hydrogen) atoms. The molecule has 0 amide bonds. The summed E-state index contributed by atoms with van der Waals surface area (Å²) in [4.78, 5) is 8.08. The lowest BCUT2D eigenvalue weighted by atomic mass is 10.0. The Morgan fingerprint density at radius 2 is 2.06 bits per heavy atom. The first-order valence-corrected chi connectivity index (χ1v) is 6.83. The van der Waals surface area contributed by atoms with Crippen LogP contribution in [-0.4, -0.2) is 16.0 Å². The minimum absolute atomic E-state index is 0.296. The highest BCUT2D eigenvalue weighted by molar-refractivity contribution is 9.10. The van der Waals surface area contributed by atoms with Crippen LogP contribution in [0.15, 0.2) is 10.7 Å². The molecule has 1 atom stereocenters. The lowest BCUT2D eigenvalue weighted by Gasteiger charge is -2.16. The number of hydrogen-bond acceptors (Lipinski definition) is 4. The Hall–Kier alpha value is -0.840. The summed E-state index contributed by atoms with van der Waals surface area (Å²) in [6, 6.07) is 0.388. The van der Waals surface area contributed by atoms with E-state index in [1.54, 1.807) is 6.20 Å². The fourth-order valence-electron chi connectivity index (χ4n) is 1.62. The highest BCUT2D eigenvalue weighted by Crippen LogP contribution is 2.21. The standard InChI is InChI=1S/C12H21BrN4/c1-8(2)5-4-6-9(3)16-11-10(13)7-15-12(14)17-11/h7-9H,4-6H2,1-3H3,(H3,14,15,16,17). The molecule has 0 aromatic carbocycles. The fraction of sp³-hybridized carbons (Fsp3) is 0.667. The van der Waals surface area contributed by atoms with E-state index in [1.807, 2.05) is 0 Å². The Morgan fingerprint density at radius 1 is 1.35 bits per heavy atom. The van der Waals surface area contributed by atoms with E-state index < -0.39 is 0 Å². The number of halogens is 1. The van der Waals surface area contributed by atoms with Crippen LogP contribution in [-0.2, 0) is 0 Å². The molecule has 0 aliphatic heterocycles. The monoisotopic (exact) mass is 300 g/mol. The van der Waals surface area contributed by atoms with E-state index in [4.69, 9.17) is 5.73 Å². The summed E-state index contributed by atoms with van der Waals surface area (Å²) >= 11 is 3.41. The minimum atomic E-state index is 0.296. The Morgan fingerprint density at radius 3 is 2.71 bits per heavy atom. The Labute approximate surface area is 112 Å². The molecule has 0 saturated carbocycles. The van der Waals surface area contributed by atoms with E-state index >= 15 is 0 Å². The van der Waals surface area contributed by atoms with Gasteiger partial charge in [-0.15, -0.1) is 0 Å². The zero-order valence-electron chi connectivity index (χ0n) is 10.7.